The van der Waals surface area contributed by atoms with Crippen LogP contribution < -0.4 is 4.74 Å². The molecule has 4 nitrogen and oxygen atoms in total. The lowest BCUT2D eigenvalue weighted by Gasteiger charge is -2.43. The molecule has 0 amide bonds. The first-order valence-corrected chi connectivity index (χ1v) is 9.00. The first-order valence-electron chi connectivity index (χ1n) is 9.00. The predicted molar refractivity (Wildman–Crippen MR) is 92.7 cm³/mol. The summed E-state index contributed by atoms with van der Waals surface area (Å²) in [5.74, 6) is 0.941. The summed E-state index contributed by atoms with van der Waals surface area (Å²) in [4.78, 5) is 5.19. The Labute approximate surface area is 140 Å². The van der Waals surface area contributed by atoms with Crippen LogP contribution in [0.1, 0.15) is 38.7 Å². The van der Waals surface area contributed by atoms with Crippen molar-refractivity contribution in [3.05, 3.63) is 29.8 Å². The van der Waals surface area contributed by atoms with E-state index >= 15 is 0 Å². The van der Waals surface area contributed by atoms with E-state index in [0.29, 0.717) is 12.1 Å². The zero-order chi connectivity index (χ0) is 16.2. The maximum Gasteiger partial charge on any atom is 0.119 e. The molecule has 0 unspecified atom stereocenters. The largest absolute Gasteiger partial charge is 0.491 e. The highest BCUT2D eigenvalue weighted by atomic mass is 16.5. The fraction of sp³-hybridized carbons (Fsp3) is 0.684. The Bertz CT molecular complexity index is 489. The maximum atomic E-state index is 9.40. The van der Waals surface area contributed by atoms with Gasteiger partial charge < -0.3 is 9.84 Å². The molecular weight excluding hydrogens is 288 g/mol. The number of benzene rings is 1. The maximum absolute atomic E-state index is 9.40. The van der Waals surface area contributed by atoms with Gasteiger partial charge in [0, 0.05) is 38.3 Å². The number of piperazine rings is 1. The Balaban J connectivity index is 1.64. The van der Waals surface area contributed by atoms with Crippen LogP contribution in [-0.4, -0.2) is 59.3 Å². The summed E-state index contributed by atoms with van der Waals surface area (Å²) in [6.07, 6.45) is 3.73. The molecule has 2 fully saturated rings. The topological polar surface area (TPSA) is 35.9 Å². The molecule has 2 aliphatic rings. The molecule has 0 spiro atoms. The van der Waals surface area contributed by atoms with Gasteiger partial charge in [0.05, 0.1) is 6.10 Å². The number of fused-ring (bicyclic) bond motifs is 1. The smallest absolute Gasteiger partial charge is 0.119 e. The van der Waals surface area contributed by atoms with Crippen LogP contribution in [0.25, 0.3) is 0 Å². The normalized spacial score (nSPS) is 25.7. The van der Waals surface area contributed by atoms with Gasteiger partial charge in [-0.3, -0.25) is 9.80 Å². The number of nitrogens with zero attached hydrogens (tertiary/aromatic N) is 2. The third kappa shape index (κ3) is 4.25. The minimum atomic E-state index is 0.213. The average Bonchev–Trinajstić information content (AvgIpc) is 2.96. The lowest BCUT2D eigenvalue weighted by atomic mass is 10.0. The van der Waals surface area contributed by atoms with Crippen molar-refractivity contribution in [2.45, 2.75) is 57.8 Å². The highest BCUT2D eigenvalue weighted by molar-refractivity contribution is 5.27. The van der Waals surface area contributed by atoms with E-state index < -0.39 is 0 Å². The van der Waals surface area contributed by atoms with Crippen molar-refractivity contribution in [3.8, 4) is 5.75 Å². The number of ether oxygens (including phenoxy) is 1. The van der Waals surface area contributed by atoms with E-state index in [2.05, 4.69) is 47.9 Å². The third-order valence-corrected chi connectivity index (χ3v) is 5.05. The molecular formula is C19H30N2O2. The highest BCUT2D eigenvalue weighted by Crippen LogP contribution is 2.27. The summed E-state index contributed by atoms with van der Waals surface area (Å²) in [6.45, 7) is 8.83. The molecule has 2 aliphatic heterocycles. The van der Waals surface area contributed by atoms with Crippen molar-refractivity contribution in [1.29, 1.82) is 0 Å². The molecule has 0 bridgehead atoms. The molecule has 1 aromatic rings. The fourth-order valence-corrected chi connectivity index (χ4v) is 3.94. The molecule has 2 saturated heterocycles. The van der Waals surface area contributed by atoms with Crippen molar-refractivity contribution in [1.82, 2.24) is 9.80 Å². The lowest BCUT2D eigenvalue weighted by molar-refractivity contribution is 0.0333. The van der Waals surface area contributed by atoms with Crippen LogP contribution in [0.4, 0.5) is 0 Å². The van der Waals surface area contributed by atoms with Gasteiger partial charge in [-0.1, -0.05) is 12.1 Å². The number of aliphatic hydroxyl groups is 1. The first-order chi connectivity index (χ1) is 11.2. The molecule has 0 aromatic heterocycles. The predicted octanol–water partition coefficient (Wildman–Crippen LogP) is 2.50. The third-order valence-electron chi connectivity index (χ3n) is 5.05. The summed E-state index contributed by atoms with van der Waals surface area (Å²) in [5.41, 5.74) is 1.33. The van der Waals surface area contributed by atoms with Crippen LogP contribution in [0.15, 0.2) is 24.3 Å². The zero-order valence-electron chi connectivity index (χ0n) is 14.4. The molecule has 0 radical (unpaired) electrons. The van der Waals surface area contributed by atoms with Crippen LogP contribution in [0.5, 0.6) is 5.75 Å². The van der Waals surface area contributed by atoms with Gasteiger partial charge in [-0.05, 0) is 57.4 Å². The second-order valence-electron chi connectivity index (χ2n) is 7.20. The van der Waals surface area contributed by atoms with Crippen molar-refractivity contribution < 1.29 is 9.84 Å². The van der Waals surface area contributed by atoms with Crippen LogP contribution >= 0.6 is 0 Å². The van der Waals surface area contributed by atoms with Crippen molar-refractivity contribution in [3.63, 3.8) is 0 Å². The highest BCUT2D eigenvalue weighted by Gasteiger charge is 2.35. The van der Waals surface area contributed by atoms with Crippen molar-refractivity contribution >= 4 is 0 Å². The average molecular weight is 318 g/mol. The summed E-state index contributed by atoms with van der Waals surface area (Å²) >= 11 is 0. The quantitative estimate of drug-likeness (QED) is 0.874. The summed E-state index contributed by atoms with van der Waals surface area (Å²) in [5, 5.41) is 9.40. The molecule has 2 heterocycles. The molecule has 1 aromatic carbocycles. The molecule has 0 saturated carbocycles. The van der Waals surface area contributed by atoms with Crippen LogP contribution in [0.2, 0.25) is 0 Å². The Morgan fingerprint density at radius 2 is 2.00 bits per heavy atom. The fourth-order valence-electron chi connectivity index (χ4n) is 3.94. The lowest BCUT2D eigenvalue weighted by Crippen LogP contribution is -2.55. The van der Waals surface area contributed by atoms with Gasteiger partial charge in [0.1, 0.15) is 5.75 Å². The van der Waals surface area contributed by atoms with Gasteiger partial charge in [0.15, 0.2) is 0 Å². The Morgan fingerprint density at radius 1 is 1.22 bits per heavy atom. The Kier molecular flexibility index (Phi) is 5.57. The first kappa shape index (κ1) is 16.7. The number of aliphatic hydroxyl groups excluding tert-OH is 1. The van der Waals surface area contributed by atoms with E-state index in [1.54, 1.807) is 0 Å². The van der Waals surface area contributed by atoms with Gasteiger partial charge in [-0.2, -0.15) is 0 Å². The standard InChI is InChI=1S/C19H30N2O2/c1-15(2)23-19-7-5-16(6-8-19)12-21-14-17-4-3-10-20(17)13-18(21)9-11-22/h5-8,15,17-18,22H,3-4,9-14H2,1-2H3/t17-,18+/m1/s1. The van der Waals surface area contributed by atoms with Crippen LogP contribution in [0.3, 0.4) is 0 Å². The molecule has 2 atom stereocenters. The zero-order valence-corrected chi connectivity index (χ0v) is 14.4. The molecule has 3 rings (SSSR count). The van der Waals surface area contributed by atoms with Crippen LogP contribution in [-0.2, 0) is 6.54 Å². The monoisotopic (exact) mass is 318 g/mol. The molecule has 23 heavy (non-hydrogen) atoms. The Morgan fingerprint density at radius 3 is 2.70 bits per heavy atom. The minimum Gasteiger partial charge on any atom is -0.491 e. The van der Waals surface area contributed by atoms with Gasteiger partial charge in [-0.25, -0.2) is 0 Å². The van der Waals surface area contributed by atoms with Crippen molar-refractivity contribution in [2.24, 2.45) is 0 Å². The van der Waals surface area contributed by atoms with E-state index in [1.165, 1.54) is 24.9 Å². The van der Waals surface area contributed by atoms with Crippen LogP contribution in [0, 0.1) is 0 Å². The second kappa shape index (κ2) is 7.65. The molecule has 0 aliphatic carbocycles. The van der Waals surface area contributed by atoms with Gasteiger partial charge in [0.25, 0.3) is 0 Å². The van der Waals surface area contributed by atoms with E-state index in [1.807, 2.05) is 0 Å². The second-order valence-corrected chi connectivity index (χ2v) is 7.20. The van der Waals surface area contributed by atoms with E-state index in [9.17, 15) is 5.11 Å². The summed E-state index contributed by atoms with van der Waals surface area (Å²) in [7, 11) is 0. The van der Waals surface area contributed by atoms with E-state index in [4.69, 9.17) is 4.74 Å². The number of hydrogen-bond acceptors (Lipinski definition) is 4. The number of hydrogen-bond donors (Lipinski definition) is 1. The summed E-state index contributed by atoms with van der Waals surface area (Å²) in [6, 6.07) is 9.68. The number of rotatable bonds is 6. The molecule has 128 valence electrons. The van der Waals surface area contributed by atoms with Gasteiger partial charge >= 0.3 is 0 Å². The molecule has 4 heteroatoms. The van der Waals surface area contributed by atoms with Gasteiger partial charge in [-0.15, -0.1) is 0 Å². The van der Waals surface area contributed by atoms with E-state index in [-0.39, 0.29) is 12.7 Å². The Hall–Kier alpha value is -1.10. The van der Waals surface area contributed by atoms with Gasteiger partial charge in [0.2, 0.25) is 0 Å². The van der Waals surface area contributed by atoms with E-state index in [0.717, 1.165) is 31.8 Å². The summed E-state index contributed by atoms with van der Waals surface area (Å²) < 4.78 is 5.72. The van der Waals surface area contributed by atoms with Crippen molar-refractivity contribution in [2.75, 3.05) is 26.2 Å². The SMILES string of the molecule is CC(C)Oc1ccc(CN2C[C@H]3CCCN3C[C@@H]2CCO)cc1. The minimum absolute atomic E-state index is 0.213. The molecule has 1 N–H and O–H groups in total.